The van der Waals surface area contributed by atoms with Gasteiger partial charge in [0.1, 0.15) is 11.5 Å². The summed E-state index contributed by atoms with van der Waals surface area (Å²) in [5.41, 5.74) is 11.3. The highest BCUT2D eigenvalue weighted by Crippen LogP contribution is 2.60. The maximum atomic E-state index is 12.8. The second kappa shape index (κ2) is 5.52. The normalized spacial score (nSPS) is 37.0. The molecule has 126 valence electrons. The van der Waals surface area contributed by atoms with Crippen LogP contribution in [0.15, 0.2) is 23.3 Å². The summed E-state index contributed by atoms with van der Waals surface area (Å²) in [6, 6.07) is 5.98. The summed E-state index contributed by atoms with van der Waals surface area (Å²) in [6.07, 6.45) is 4.83. The Hall–Kier alpha value is -2.00. The molecule has 24 heavy (non-hydrogen) atoms. The van der Waals surface area contributed by atoms with Gasteiger partial charge in [-0.3, -0.25) is 4.79 Å². The molecular formula is C19H23N3O2. The summed E-state index contributed by atoms with van der Waals surface area (Å²) in [7, 11) is 1.71. The van der Waals surface area contributed by atoms with E-state index in [0.717, 1.165) is 37.9 Å². The zero-order valence-corrected chi connectivity index (χ0v) is 14.2. The fourth-order valence-electron chi connectivity index (χ4n) is 5.64. The van der Waals surface area contributed by atoms with Crippen LogP contribution in [-0.4, -0.2) is 18.9 Å². The topological polar surface area (TPSA) is 75.1 Å². The highest BCUT2D eigenvalue weighted by molar-refractivity contribution is 5.92. The van der Waals surface area contributed by atoms with Crippen LogP contribution >= 0.6 is 0 Å². The molecule has 0 amide bonds. The van der Waals surface area contributed by atoms with Crippen molar-refractivity contribution in [2.75, 3.05) is 7.11 Å². The lowest BCUT2D eigenvalue weighted by Crippen LogP contribution is -2.42. The van der Waals surface area contributed by atoms with E-state index in [1.54, 1.807) is 7.11 Å². The molecule has 0 N–H and O–H groups in total. The average Bonchev–Trinajstić information content (AvgIpc) is 2.86. The number of Topliss-reactive ketones (excluding diaryl/α,β-unsaturated/α-hetero) is 1. The Morgan fingerprint density at radius 1 is 1.38 bits per heavy atom. The lowest BCUT2D eigenvalue weighted by molar-refractivity contribution is -0.130. The molecular weight excluding hydrogens is 302 g/mol. The van der Waals surface area contributed by atoms with Gasteiger partial charge in [0.25, 0.3) is 0 Å². The predicted octanol–water partition coefficient (Wildman–Crippen LogP) is 4.41. The number of benzene rings is 1. The molecule has 3 aliphatic rings. The molecule has 5 heteroatoms. The molecule has 0 heterocycles. The Morgan fingerprint density at radius 2 is 2.21 bits per heavy atom. The highest BCUT2D eigenvalue weighted by atomic mass is 16.5. The quantitative estimate of drug-likeness (QED) is 0.459. The van der Waals surface area contributed by atoms with E-state index in [1.165, 1.54) is 11.1 Å². The van der Waals surface area contributed by atoms with Gasteiger partial charge >= 0.3 is 0 Å². The SMILES string of the molecule is COc1ccc2c(c1)CC[C@@H]1[C@@H]2CC[C@]2(C)C(=O)C(N=[N+]=[N-])C[C@@H]12. The van der Waals surface area contributed by atoms with Crippen molar-refractivity contribution in [1.29, 1.82) is 0 Å². The number of fused-ring (bicyclic) bond motifs is 5. The summed E-state index contributed by atoms with van der Waals surface area (Å²) < 4.78 is 5.37. The van der Waals surface area contributed by atoms with E-state index in [1.807, 2.05) is 0 Å². The molecule has 1 aromatic carbocycles. The summed E-state index contributed by atoms with van der Waals surface area (Å²) in [5, 5.41) is 3.79. The third-order valence-corrected chi connectivity index (χ3v) is 6.86. The minimum atomic E-state index is -0.457. The van der Waals surface area contributed by atoms with Gasteiger partial charge in [-0.05, 0) is 78.6 Å². The number of methoxy groups -OCH3 is 1. The molecule has 0 spiro atoms. The van der Waals surface area contributed by atoms with Gasteiger partial charge in [-0.1, -0.05) is 18.1 Å². The Morgan fingerprint density at radius 3 is 2.96 bits per heavy atom. The fourth-order valence-corrected chi connectivity index (χ4v) is 5.64. The van der Waals surface area contributed by atoms with E-state index in [4.69, 9.17) is 10.3 Å². The van der Waals surface area contributed by atoms with Crippen molar-refractivity contribution >= 4 is 5.78 Å². The van der Waals surface area contributed by atoms with Crippen LogP contribution in [0.5, 0.6) is 5.75 Å². The van der Waals surface area contributed by atoms with Gasteiger partial charge in [-0.15, -0.1) is 0 Å². The maximum Gasteiger partial charge on any atom is 0.147 e. The highest BCUT2D eigenvalue weighted by Gasteiger charge is 2.57. The van der Waals surface area contributed by atoms with E-state index in [-0.39, 0.29) is 11.2 Å². The van der Waals surface area contributed by atoms with Crippen molar-refractivity contribution in [3.8, 4) is 5.75 Å². The number of aryl methyl sites for hydroxylation is 1. The fraction of sp³-hybridized carbons (Fsp3) is 0.632. The molecule has 0 bridgehead atoms. The van der Waals surface area contributed by atoms with Gasteiger partial charge in [0.2, 0.25) is 0 Å². The van der Waals surface area contributed by atoms with E-state index >= 15 is 0 Å². The lowest BCUT2D eigenvalue weighted by Gasteiger charge is -2.48. The summed E-state index contributed by atoms with van der Waals surface area (Å²) >= 11 is 0. The van der Waals surface area contributed by atoms with Gasteiger partial charge < -0.3 is 4.74 Å². The minimum Gasteiger partial charge on any atom is -0.497 e. The number of rotatable bonds is 2. The van der Waals surface area contributed by atoms with Crippen molar-refractivity contribution < 1.29 is 9.53 Å². The first-order chi connectivity index (χ1) is 11.6. The first-order valence-corrected chi connectivity index (χ1v) is 8.84. The first kappa shape index (κ1) is 15.5. The van der Waals surface area contributed by atoms with Gasteiger partial charge in [-0.2, -0.15) is 0 Å². The summed E-state index contributed by atoms with van der Waals surface area (Å²) in [4.78, 5) is 15.7. The first-order valence-electron chi connectivity index (χ1n) is 8.84. The predicted molar refractivity (Wildman–Crippen MR) is 90.9 cm³/mol. The molecule has 4 rings (SSSR count). The third-order valence-electron chi connectivity index (χ3n) is 6.86. The van der Waals surface area contributed by atoms with Crippen LogP contribution in [0.4, 0.5) is 0 Å². The van der Waals surface area contributed by atoms with E-state index in [9.17, 15) is 4.79 Å². The molecule has 0 aromatic heterocycles. The number of ether oxygens (including phenoxy) is 1. The van der Waals surface area contributed by atoms with E-state index < -0.39 is 6.04 Å². The Balaban J connectivity index is 1.69. The number of nitrogens with zero attached hydrogens (tertiary/aromatic N) is 3. The Kier molecular flexibility index (Phi) is 3.57. The van der Waals surface area contributed by atoms with Crippen LogP contribution in [0, 0.1) is 17.3 Å². The summed E-state index contributed by atoms with van der Waals surface area (Å²) in [5.74, 6) is 2.48. The molecule has 2 saturated carbocycles. The number of ketones is 1. The van der Waals surface area contributed by atoms with Crippen molar-refractivity contribution in [2.24, 2.45) is 22.4 Å². The second-order valence-electron chi connectivity index (χ2n) is 7.76. The van der Waals surface area contributed by atoms with Gasteiger partial charge in [-0.25, -0.2) is 0 Å². The number of azide groups is 1. The van der Waals surface area contributed by atoms with Crippen LogP contribution in [0.3, 0.4) is 0 Å². The molecule has 0 radical (unpaired) electrons. The standard InChI is InChI=1S/C19H23N3O2/c1-19-8-7-14-13-6-4-12(24-2)9-11(13)3-5-15(14)16(19)10-17(18(19)23)21-22-20/h4,6,9,14-17H,3,5,7-8,10H2,1-2H3/t14-,15-,16+,17?,19+/m1/s1. The zero-order valence-electron chi connectivity index (χ0n) is 14.2. The third kappa shape index (κ3) is 2.07. The molecule has 5 atom stereocenters. The number of carbonyl (C=O) groups excluding carboxylic acids is 1. The van der Waals surface area contributed by atoms with Crippen molar-refractivity contribution in [3.63, 3.8) is 0 Å². The molecule has 0 saturated heterocycles. The monoisotopic (exact) mass is 325 g/mol. The van der Waals surface area contributed by atoms with Crippen LogP contribution in [0.25, 0.3) is 10.4 Å². The largest absolute Gasteiger partial charge is 0.497 e. The Labute approximate surface area is 142 Å². The lowest BCUT2D eigenvalue weighted by atomic mass is 9.55. The van der Waals surface area contributed by atoms with E-state index in [0.29, 0.717) is 17.8 Å². The molecule has 1 aromatic rings. The minimum absolute atomic E-state index is 0.171. The maximum absolute atomic E-state index is 12.8. The van der Waals surface area contributed by atoms with Crippen LogP contribution in [0.2, 0.25) is 0 Å². The Bertz CT molecular complexity index is 740. The number of hydrogen-bond donors (Lipinski definition) is 0. The summed E-state index contributed by atoms with van der Waals surface area (Å²) in [6.45, 7) is 2.10. The van der Waals surface area contributed by atoms with Gasteiger partial charge in [0.05, 0.1) is 13.2 Å². The van der Waals surface area contributed by atoms with Crippen molar-refractivity contribution in [2.45, 2.75) is 51.0 Å². The molecule has 3 aliphatic carbocycles. The van der Waals surface area contributed by atoms with Gasteiger partial charge in [0.15, 0.2) is 0 Å². The zero-order chi connectivity index (χ0) is 16.9. The van der Waals surface area contributed by atoms with Crippen LogP contribution in [0.1, 0.15) is 49.7 Å². The number of hydrogen-bond acceptors (Lipinski definition) is 3. The van der Waals surface area contributed by atoms with Gasteiger partial charge in [0, 0.05) is 10.3 Å². The molecule has 1 unspecified atom stereocenters. The second-order valence-corrected chi connectivity index (χ2v) is 7.76. The molecule has 2 fully saturated rings. The van der Waals surface area contributed by atoms with Crippen molar-refractivity contribution in [3.05, 3.63) is 39.8 Å². The molecule has 0 aliphatic heterocycles. The van der Waals surface area contributed by atoms with Crippen LogP contribution < -0.4 is 4.74 Å². The van der Waals surface area contributed by atoms with Crippen molar-refractivity contribution in [1.82, 2.24) is 0 Å². The van der Waals surface area contributed by atoms with Crippen LogP contribution in [-0.2, 0) is 11.2 Å². The average molecular weight is 325 g/mol. The smallest absolute Gasteiger partial charge is 0.147 e. The van der Waals surface area contributed by atoms with E-state index in [2.05, 4.69) is 35.1 Å². The molecule has 5 nitrogen and oxygen atoms in total. The number of carbonyl (C=O) groups is 1.